The second kappa shape index (κ2) is 6.57. The summed E-state index contributed by atoms with van der Waals surface area (Å²) in [6.45, 7) is 0.798. The van der Waals surface area contributed by atoms with E-state index in [0.717, 1.165) is 46.9 Å². The number of H-pyrrole nitrogens is 1. The van der Waals surface area contributed by atoms with E-state index >= 15 is 0 Å². The lowest BCUT2D eigenvalue weighted by molar-refractivity contribution is 0.0616. The van der Waals surface area contributed by atoms with Crippen molar-refractivity contribution >= 4 is 17.2 Å². The van der Waals surface area contributed by atoms with Gasteiger partial charge in [-0.3, -0.25) is 9.78 Å². The minimum Gasteiger partial charge on any atom is -0.344 e. The molecule has 3 aromatic rings. The van der Waals surface area contributed by atoms with Crippen molar-refractivity contribution in [1.29, 1.82) is 0 Å². The zero-order valence-electron chi connectivity index (χ0n) is 13.2. The number of piperidine rings is 1. The average Bonchev–Trinajstić information content (AvgIpc) is 3.33. The van der Waals surface area contributed by atoms with Crippen LogP contribution < -0.4 is 0 Å². The number of imidazole rings is 1. The molecule has 4 rings (SSSR count). The molecule has 1 atom stereocenters. The number of nitrogens with one attached hydrogen (secondary N) is 1. The first-order valence-corrected chi connectivity index (χ1v) is 8.95. The van der Waals surface area contributed by atoms with Gasteiger partial charge in [0.25, 0.3) is 5.91 Å². The standard InChI is InChI=1S/C18H18N4OS/c23-18(16-7-6-15(24-16)17-20-9-10-21-17)22-11-2-1-5-14(22)13-4-3-8-19-12-13/h3-4,6-10,12,14H,1-2,5,11H2,(H,20,21)/t14-/m0/s1. The molecule has 24 heavy (non-hydrogen) atoms. The predicted molar refractivity (Wildman–Crippen MR) is 93.8 cm³/mol. The molecular formula is C18H18N4OS. The highest BCUT2D eigenvalue weighted by atomic mass is 32.1. The summed E-state index contributed by atoms with van der Waals surface area (Å²) < 4.78 is 0. The van der Waals surface area contributed by atoms with Crippen LogP contribution in [0.5, 0.6) is 0 Å². The van der Waals surface area contributed by atoms with Crippen LogP contribution in [0.25, 0.3) is 10.7 Å². The molecule has 4 heterocycles. The summed E-state index contributed by atoms with van der Waals surface area (Å²) in [4.78, 5) is 28.4. The minimum absolute atomic E-state index is 0.103. The van der Waals surface area contributed by atoms with Crippen LogP contribution in [-0.4, -0.2) is 32.3 Å². The summed E-state index contributed by atoms with van der Waals surface area (Å²) in [5.74, 6) is 0.910. The molecule has 1 fully saturated rings. The zero-order valence-corrected chi connectivity index (χ0v) is 14.0. The summed E-state index contributed by atoms with van der Waals surface area (Å²) in [6, 6.07) is 7.98. The number of hydrogen-bond acceptors (Lipinski definition) is 4. The van der Waals surface area contributed by atoms with Gasteiger partial charge in [0, 0.05) is 31.3 Å². The van der Waals surface area contributed by atoms with Crippen molar-refractivity contribution < 1.29 is 4.79 Å². The van der Waals surface area contributed by atoms with Crippen LogP contribution in [0, 0.1) is 0 Å². The molecule has 122 valence electrons. The number of likely N-dealkylation sites (tertiary alicyclic amines) is 1. The van der Waals surface area contributed by atoms with Crippen LogP contribution in [0.3, 0.4) is 0 Å². The molecule has 0 unspecified atom stereocenters. The third-order valence-electron chi connectivity index (χ3n) is 4.38. The Balaban J connectivity index is 1.60. The van der Waals surface area contributed by atoms with E-state index in [1.165, 1.54) is 11.3 Å². The molecule has 0 radical (unpaired) electrons. The molecule has 3 aromatic heterocycles. The highest BCUT2D eigenvalue weighted by Gasteiger charge is 2.29. The lowest BCUT2D eigenvalue weighted by Gasteiger charge is -2.35. The maximum Gasteiger partial charge on any atom is 0.264 e. The Morgan fingerprint density at radius 1 is 1.25 bits per heavy atom. The zero-order chi connectivity index (χ0) is 16.4. The van der Waals surface area contributed by atoms with Gasteiger partial charge in [0.05, 0.1) is 15.8 Å². The van der Waals surface area contributed by atoms with E-state index in [1.807, 2.05) is 29.3 Å². The molecule has 5 nitrogen and oxygen atoms in total. The molecule has 0 aliphatic carbocycles. The topological polar surface area (TPSA) is 61.9 Å². The molecule has 1 saturated heterocycles. The molecule has 1 N–H and O–H groups in total. The van der Waals surface area contributed by atoms with Crippen molar-refractivity contribution in [3.05, 3.63) is 59.5 Å². The van der Waals surface area contributed by atoms with E-state index in [0.29, 0.717) is 0 Å². The molecule has 0 saturated carbocycles. The number of carbonyl (C=O) groups excluding carboxylic acids is 1. The fraction of sp³-hybridized carbons (Fsp3) is 0.278. The van der Waals surface area contributed by atoms with Gasteiger partial charge >= 0.3 is 0 Å². The van der Waals surface area contributed by atoms with Crippen LogP contribution in [0.1, 0.15) is 40.5 Å². The van der Waals surface area contributed by atoms with Gasteiger partial charge in [-0.25, -0.2) is 4.98 Å². The summed E-state index contributed by atoms with van der Waals surface area (Å²) in [7, 11) is 0. The SMILES string of the molecule is O=C(c1ccc(-c2ncc[nH]2)s1)N1CCCC[C@H]1c1cccnc1. The summed E-state index contributed by atoms with van der Waals surface area (Å²) in [5, 5.41) is 0. The maximum atomic E-state index is 13.1. The van der Waals surface area contributed by atoms with Gasteiger partial charge in [-0.1, -0.05) is 6.07 Å². The van der Waals surface area contributed by atoms with Crippen LogP contribution in [-0.2, 0) is 0 Å². The Morgan fingerprint density at radius 2 is 2.21 bits per heavy atom. The number of carbonyl (C=O) groups is 1. The van der Waals surface area contributed by atoms with Crippen LogP contribution in [0.15, 0.2) is 49.1 Å². The lowest BCUT2D eigenvalue weighted by atomic mass is 9.96. The van der Waals surface area contributed by atoms with Crippen molar-refractivity contribution in [2.24, 2.45) is 0 Å². The average molecular weight is 338 g/mol. The molecule has 0 spiro atoms. The smallest absolute Gasteiger partial charge is 0.264 e. The fourth-order valence-electron chi connectivity index (χ4n) is 3.22. The molecule has 1 aliphatic rings. The molecule has 0 bridgehead atoms. The Hall–Kier alpha value is -2.47. The first-order chi connectivity index (χ1) is 11.8. The Bertz CT molecular complexity index is 813. The van der Waals surface area contributed by atoms with Crippen molar-refractivity contribution in [1.82, 2.24) is 19.9 Å². The first-order valence-electron chi connectivity index (χ1n) is 8.13. The van der Waals surface area contributed by atoms with Gasteiger partial charge in [0.15, 0.2) is 0 Å². The number of rotatable bonds is 3. The minimum atomic E-state index is 0.103. The summed E-state index contributed by atoms with van der Waals surface area (Å²) >= 11 is 1.49. The molecule has 6 heteroatoms. The van der Waals surface area contributed by atoms with Crippen molar-refractivity contribution in [2.75, 3.05) is 6.54 Å². The monoisotopic (exact) mass is 338 g/mol. The van der Waals surface area contributed by atoms with Crippen molar-refractivity contribution in [3.63, 3.8) is 0 Å². The number of amides is 1. The Labute approximate surface area is 144 Å². The van der Waals surface area contributed by atoms with E-state index < -0.39 is 0 Å². The van der Waals surface area contributed by atoms with E-state index in [-0.39, 0.29) is 11.9 Å². The van der Waals surface area contributed by atoms with E-state index in [9.17, 15) is 4.79 Å². The van der Waals surface area contributed by atoms with Gasteiger partial charge in [-0.15, -0.1) is 11.3 Å². The van der Waals surface area contributed by atoms with Gasteiger partial charge < -0.3 is 9.88 Å². The fourth-order valence-corrected chi connectivity index (χ4v) is 4.14. The number of pyridine rings is 1. The van der Waals surface area contributed by atoms with E-state index in [4.69, 9.17) is 0 Å². The molecular weight excluding hydrogens is 320 g/mol. The third kappa shape index (κ3) is 2.85. The highest BCUT2D eigenvalue weighted by Crippen LogP contribution is 2.34. The Kier molecular flexibility index (Phi) is 4.13. The lowest BCUT2D eigenvalue weighted by Crippen LogP contribution is -2.38. The van der Waals surface area contributed by atoms with E-state index in [2.05, 4.69) is 21.0 Å². The largest absolute Gasteiger partial charge is 0.344 e. The second-order valence-corrected chi connectivity index (χ2v) is 6.98. The number of nitrogens with zero attached hydrogens (tertiary/aromatic N) is 3. The second-order valence-electron chi connectivity index (χ2n) is 5.90. The number of aromatic nitrogens is 3. The first kappa shape index (κ1) is 15.1. The Morgan fingerprint density at radius 3 is 3.00 bits per heavy atom. The molecule has 0 aromatic carbocycles. The van der Waals surface area contributed by atoms with Gasteiger partial charge in [0.2, 0.25) is 0 Å². The predicted octanol–water partition coefficient (Wildman–Crippen LogP) is 3.90. The third-order valence-corrected chi connectivity index (χ3v) is 5.46. The highest BCUT2D eigenvalue weighted by molar-refractivity contribution is 7.17. The summed E-state index contributed by atoms with van der Waals surface area (Å²) in [6.07, 6.45) is 10.4. The number of thiophene rings is 1. The molecule has 1 amide bonds. The normalized spacial score (nSPS) is 17.8. The van der Waals surface area contributed by atoms with Gasteiger partial charge in [-0.05, 0) is 43.0 Å². The molecule has 1 aliphatic heterocycles. The quantitative estimate of drug-likeness (QED) is 0.788. The number of aromatic amines is 1. The van der Waals surface area contributed by atoms with Gasteiger partial charge in [0.1, 0.15) is 5.82 Å². The summed E-state index contributed by atoms with van der Waals surface area (Å²) in [5.41, 5.74) is 1.12. The van der Waals surface area contributed by atoms with E-state index in [1.54, 1.807) is 18.6 Å². The van der Waals surface area contributed by atoms with Crippen LogP contribution in [0.4, 0.5) is 0 Å². The van der Waals surface area contributed by atoms with Crippen molar-refractivity contribution in [2.45, 2.75) is 25.3 Å². The van der Waals surface area contributed by atoms with Crippen LogP contribution >= 0.6 is 11.3 Å². The van der Waals surface area contributed by atoms with Crippen molar-refractivity contribution in [3.8, 4) is 10.7 Å². The maximum absolute atomic E-state index is 13.1. The number of hydrogen-bond donors (Lipinski definition) is 1. The van der Waals surface area contributed by atoms with Crippen LogP contribution in [0.2, 0.25) is 0 Å². The van der Waals surface area contributed by atoms with Gasteiger partial charge in [-0.2, -0.15) is 0 Å².